The number of carboxylic acids is 1. The Morgan fingerprint density at radius 2 is 1.87 bits per heavy atom. The summed E-state index contributed by atoms with van der Waals surface area (Å²) in [6.07, 6.45) is -0.0811. The monoisotopic (exact) mass is 322 g/mol. The maximum Gasteiger partial charge on any atom is 0.328 e. The highest BCUT2D eigenvalue weighted by Gasteiger charge is 2.25. The molecule has 0 aliphatic carbocycles. The minimum absolute atomic E-state index is 0.202. The highest BCUT2D eigenvalue weighted by atomic mass is 16.5. The summed E-state index contributed by atoms with van der Waals surface area (Å²) < 4.78 is 4.64. The molecule has 0 heterocycles. The maximum atomic E-state index is 11.9. The van der Waals surface area contributed by atoms with Crippen LogP contribution in [-0.2, 0) is 30.3 Å². The van der Waals surface area contributed by atoms with Crippen molar-refractivity contribution >= 4 is 24.3 Å². The summed E-state index contributed by atoms with van der Waals surface area (Å²) in [7, 11) is 1.19. The number of carbonyl (C=O) groups excluding carboxylic acids is 3. The summed E-state index contributed by atoms with van der Waals surface area (Å²) in [5.41, 5.74) is 0.809. The van der Waals surface area contributed by atoms with E-state index in [-0.39, 0.29) is 12.8 Å². The Morgan fingerprint density at radius 3 is 2.39 bits per heavy atom. The van der Waals surface area contributed by atoms with Gasteiger partial charge in [0.05, 0.1) is 13.5 Å². The Bertz CT molecular complexity index is 560. The number of amides is 2. The first-order chi connectivity index (χ1) is 11.0. The average molecular weight is 322 g/mol. The lowest BCUT2D eigenvalue weighted by Gasteiger charge is -2.18. The molecule has 0 bridgehead atoms. The van der Waals surface area contributed by atoms with E-state index in [1.165, 1.54) is 7.11 Å². The Kier molecular flexibility index (Phi) is 7.25. The number of rotatable bonds is 9. The van der Waals surface area contributed by atoms with Gasteiger partial charge in [0.15, 0.2) is 0 Å². The number of hydrogen-bond acceptors (Lipinski definition) is 5. The third-order valence-corrected chi connectivity index (χ3v) is 3.06. The molecule has 0 fully saturated rings. The summed E-state index contributed by atoms with van der Waals surface area (Å²) in [6.45, 7) is 0. The van der Waals surface area contributed by atoms with Crippen molar-refractivity contribution in [2.45, 2.75) is 24.9 Å². The molecule has 0 spiro atoms. The normalized spacial score (nSPS) is 12.6. The molecule has 1 aromatic carbocycles. The summed E-state index contributed by atoms with van der Waals surface area (Å²) in [4.78, 5) is 44.9. The molecule has 1 aromatic rings. The van der Waals surface area contributed by atoms with Gasteiger partial charge in [0.2, 0.25) is 12.3 Å². The fourth-order valence-electron chi connectivity index (χ4n) is 1.92. The van der Waals surface area contributed by atoms with Gasteiger partial charge in [-0.2, -0.15) is 0 Å². The van der Waals surface area contributed by atoms with Crippen LogP contribution in [0.5, 0.6) is 0 Å². The van der Waals surface area contributed by atoms with Crippen LogP contribution < -0.4 is 10.6 Å². The summed E-state index contributed by atoms with van der Waals surface area (Å²) in [5.74, 6) is -2.67. The Morgan fingerprint density at radius 1 is 1.22 bits per heavy atom. The van der Waals surface area contributed by atoms with E-state index >= 15 is 0 Å². The van der Waals surface area contributed by atoms with E-state index in [4.69, 9.17) is 5.11 Å². The summed E-state index contributed by atoms with van der Waals surface area (Å²) in [5, 5.41) is 13.3. The molecule has 0 aromatic heterocycles. The van der Waals surface area contributed by atoms with E-state index < -0.39 is 36.4 Å². The van der Waals surface area contributed by atoms with E-state index in [1.807, 2.05) is 11.4 Å². The topological polar surface area (TPSA) is 122 Å². The molecule has 0 unspecified atom stereocenters. The van der Waals surface area contributed by atoms with Gasteiger partial charge >= 0.3 is 11.9 Å². The molecule has 0 radical (unpaired) electrons. The molecule has 8 nitrogen and oxygen atoms in total. The number of aliphatic carboxylic acids is 1. The lowest BCUT2D eigenvalue weighted by Crippen LogP contribution is -2.46. The minimum Gasteiger partial charge on any atom is -0.480 e. The van der Waals surface area contributed by atoms with E-state index in [9.17, 15) is 19.2 Å². The van der Waals surface area contributed by atoms with Crippen LogP contribution in [0.3, 0.4) is 0 Å². The predicted molar refractivity (Wildman–Crippen MR) is 79.3 cm³/mol. The number of methoxy groups -OCH3 is 1. The largest absolute Gasteiger partial charge is 0.480 e. The average Bonchev–Trinajstić information content (AvgIpc) is 2.54. The molecule has 0 saturated heterocycles. The van der Waals surface area contributed by atoms with Gasteiger partial charge in [-0.1, -0.05) is 30.3 Å². The van der Waals surface area contributed by atoms with Crippen molar-refractivity contribution in [2.24, 2.45) is 0 Å². The molecule has 0 aliphatic heterocycles. The second kappa shape index (κ2) is 9.19. The Labute approximate surface area is 132 Å². The van der Waals surface area contributed by atoms with E-state index in [1.54, 1.807) is 24.3 Å². The molecule has 0 aliphatic rings. The van der Waals surface area contributed by atoms with Gasteiger partial charge in [-0.3, -0.25) is 9.59 Å². The van der Waals surface area contributed by atoms with Crippen molar-refractivity contribution < 1.29 is 29.0 Å². The van der Waals surface area contributed by atoms with E-state index in [2.05, 4.69) is 10.1 Å². The van der Waals surface area contributed by atoms with Crippen LogP contribution in [0.4, 0.5) is 0 Å². The molecule has 23 heavy (non-hydrogen) atoms. The summed E-state index contributed by atoms with van der Waals surface area (Å²) >= 11 is 0. The van der Waals surface area contributed by atoms with E-state index in [0.717, 1.165) is 5.56 Å². The van der Waals surface area contributed by atoms with Gasteiger partial charge in [-0.25, -0.2) is 9.59 Å². The van der Waals surface area contributed by atoms with Gasteiger partial charge in [-0.05, 0) is 5.56 Å². The third kappa shape index (κ3) is 6.16. The van der Waals surface area contributed by atoms with Crippen molar-refractivity contribution in [3.05, 3.63) is 35.9 Å². The van der Waals surface area contributed by atoms with E-state index in [0.29, 0.717) is 0 Å². The molecule has 124 valence electrons. The zero-order valence-electron chi connectivity index (χ0n) is 12.5. The zero-order chi connectivity index (χ0) is 17.2. The first-order valence-electron chi connectivity index (χ1n) is 6.81. The zero-order valence-corrected chi connectivity index (χ0v) is 12.5. The van der Waals surface area contributed by atoms with Crippen LogP contribution in [0.2, 0.25) is 0 Å². The number of hydrogen-bond donors (Lipinski definition) is 3. The lowest BCUT2D eigenvalue weighted by atomic mass is 10.1. The number of ether oxygens (including phenoxy) is 1. The van der Waals surface area contributed by atoms with Crippen molar-refractivity contribution in [2.75, 3.05) is 7.11 Å². The molecule has 8 heteroatoms. The van der Waals surface area contributed by atoms with Gasteiger partial charge in [-0.15, -0.1) is 0 Å². The van der Waals surface area contributed by atoms with Crippen molar-refractivity contribution in [1.82, 2.24) is 10.6 Å². The van der Waals surface area contributed by atoms with Crippen LogP contribution in [0.25, 0.3) is 0 Å². The smallest absolute Gasteiger partial charge is 0.328 e. The number of carboxylic acid groups (broad SMARTS) is 1. The third-order valence-electron chi connectivity index (χ3n) is 3.06. The SMILES string of the molecule is COC(=O)[C@@H](Cc1ccccc1)NC(=O)C[C@H](NC=O)C(=O)O. The lowest BCUT2D eigenvalue weighted by molar-refractivity contribution is -0.145. The van der Waals surface area contributed by atoms with Crippen LogP contribution in [0, 0.1) is 0 Å². The maximum absolute atomic E-state index is 11.9. The van der Waals surface area contributed by atoms with Gasteiger partial charge in [0.25, 0.3) is 0 Å². The Hall–Kier alpha value is -2.90. The van der Waals surface area contributed by atoms with Crippen molar-refractivity contribution in [3.63, 3.8) is 0 Å². The fraction of sp³-hybridized carbons (Fsp3) is 0.333. The predicted octanol–water partition coefficient (Wildman–Crippen LogP) is -0.524. The Balaban J connectivity index is 2.72. The molecular weight excluding hydrogens is 304 g/mol. The van der Waals surface area contributed by atoms with Crippen molar-refractivity contribution in [3.8, 4) is 0 Å². The van der Waals surface area contributed by atoms with Crippen LogP contribution in [0.15, 0.2) is 30.3 Å². The quantitative estimate of drug-likeness (QED) is 0.415. The highest BCUT2D eigenvalue weighted by molar-refractivity contribution is 5.88. The molecular formula is C15H18N2O6. The fourth-order valence-corrected chi connectivity index (χ4v) is 1.92. The second-order valence-corrected chi connectivity index (χ2v) is 4.71. The van der Waals surface area contributed by atoms with Crippen LogP contribution in [-0.4, -0.2) is 48.6 Å². The number of benzene rings is 1. The van der Waals surface area contributed by atoms with Crippen LogP contribution >= 0.6 is 0 Å². The van der Waals surface area contributed by atoms with Crippen molar-refractivity contribution in [1.29, 1.82) is 0 Å². The summed E-state index contributed by atoms with van der Waals surface area (Å²) in [6, 6.07) is 6.67. The molecule has 2 amide bonds. The molecule has 2 atom stereocenters. The standard InChI is InChI=1S/C15H18N2O6/c1-23-15(22)12(7-10-5-3-2-4-6-10)17-13(19)8-11(14(20)21)16-9-18/h2-6,9,11-12H,7-8H2,1H3,(H,16,18)(H,17,19)(H,20,21)/t11-,12+/m0/s1. The minimum atomic E-state index is -1.36. The highest BCUT2D eigenvalue weighted by Crippen LogP contribution is 2.05. The van der Waals surface area contributed by atoms with Gasteiger partial charge < -0.3 is 20.5 Å². The number of esters is 1. The number of nitrogens with one attached hydrogen (secondary N) is 2. The molecule has 1 rings (SSSR count). The molecule has 3 N–H and O–H groups in total. The van der Waals surface area contributed by atoms with Crippen LogP contribution in [0.1, 0.15) is 12.0 Å². The number of carbonyl (C=O) groups is 4. The molecule has 0 saturated carbocycles. The van der Waals surface area contributed by atoms with Gasteiger partial charge in [0, 0.05) is 6.42 Å². The first-order valence-corrected chi connectivity index (χ1v) is 6.81. The second-order valence-electron chi connectivity index (χ2n) is 4.71. The van der Waals surface area contributed by atoms with Gasteiger partial charge in [0.1, 0.15) is 12.1 Å². The first kappa shape index (κ1) is 18.1.